The molecular weight excluding hydrogens is 360 g/mol. The molecule has 2 aromatic heterocycles. The lowest BCUT2D eigenvalue weighted by atomic mass is 10.2. The van der Waals surface area contributed by atoms with Crippen LogP contribution in [-0.4, -0.2) is 65.4 Å². The van der Waals surface area contributed by atoms with Crippen LogP contribution in [0.2, 0.25) is 0 Å². The number of benzene rings is 1. The summed E-state index contributed by atoms with van der Waals surface area (Å²) < 4.78 is 16.1. The van der Waals surface area contributed by atoms with Gasteiger partial charge in [-0.05, 0) is 18.2 Å². The predicted octanol–water partition coefficient (Wildman–Crippen LogP) is 1.87. The minimum atomic E-state index is 0.505. The van der Waals surface area contributed by atoms with Crippen molar-refractivity contribution in [3.05, 3.63) is 42.5 Å². The summed E-state index contributed by atoms with van der Waals surface area (Å²) in [6, 6.07) is 7.34. The zero-order chi connectivity index (χ0) is 19.3. The van der Waals surface area contributed by atoms with Gasteiger partial charge < -0.3 is 18.9 Å². The fourth-order valence-corrected chi connectivity index (χ4v) is 3.16. The normalized spacial score (nSPS) is 14.9. The maximum Gasteiger partial charge on any atom is 0.241 e. The highest BCUT2D eigenvalue weighted by Crippen LogP contribution is 2.31. The Morgan fingerprint density at radius 1 is 1.04 bits per heavy atom. The number of ether oxygens (including phenoxy) is 2. The Morgan fingerprint density at radius 2 is 1.82 bits per heavy atom. The average molecular weight is 382 g/mol. The van der Waals surface area contributed by atoms with Crippen molar-refractivity contribution in [1.29, 1.82) is 0 Å². The maximum atomic E-state index is 5.46. The number of hydrogen-bond acceptors (Lipinski definition) is 9. The van der Waals surface area contributed by atoms with Crippen molar-refractivity contribution in [2.24, 2.45) is 0 Å². The molecule has 0 unspecified atom stereocenters. The van der Waals surface area contributed by atoms with Crippen LogP contribution in [0.3, 0.4) is 0 Å². The van der Waals surface area contributed by atoms with Crippen LogP contribution in [0.4, 0.5) is 5.95 Å². The van der Waals surface area contributed by atoms with E-state index in [1.165, 1.54) is 0 Å². The van der Waals surface area contributed by atoms with E-state index in [9.17, 15) is 0 Å². The molecule has 0 saturated carbocycles. The Kier molecular flexibility index (Phi) is 5.34. The second-order valence-corrected chi connectivity index (χ2v) is 6.39. The first-order valence-electron chi connectivity index (χ1n) is 9.06. The van der Waals surface area contributed by atoms with Crippen molar-refractivity contribution in [2.45, 2.75) is 6.54 Å². The van der Waals surface area contributed by atoms with Crippen molar-refractivity contribution >= 4 is 5.95 Å². The van der Waals surface area contributed by atoms with Gasteiger partial charge in [-0.15, -0.1) is 0 Å². The Balaban J connectivity index is 1.39. The van der Waals surface area contributed by atoms with Gasteiger partial charge in [0.1, 0.15) is 11.5 Å². The SMILES string of the molecule is COc1ccc(-c2noc(CN3CCN(c4ncccn4)CC3)n2)c(OC)c1. The van der Waals surface area contributed by atoms with Crippen molar-refractivity contribution in [3.8, 4) is 22.9 Å². The number of anilines is 1. The first kappa shape index (κ1) is 18.2. The Bertz CT molecular complexity index is 909. The van der Waals surface area contributed by atoms with Gasteiger partial charge in [0.25, 0.3) is 0 Å². The molecule has 0 spiro atoms. The second kappa shape index (κ2) is 8.22. The van der Waals surface area contributed by atoms with E-state index >= 15 is 0 Å². The molecule has 0 radical (unpaired) electrons. The van der Waals surface area contributed by atoms with Gasteiger partial charge >= 0.3 is 0 Å². The van der Waals surface area contributed by atoms with Crippen LogP contribution >= 0.6 is 0 Å². The molecule has 0 N–H and O–H groups in total. The lowest BCUT2D eigenvalue weighted by molar-refractivity contribution is 0.214. The van der Waals surface area contributed by atoms with Crippen LogP contribution in [0.25, 0.3) is 11.4 Å². The highest BCUT2D eigenvalue weighted by Gasteiger charge is 2.21. The standard InChI is InChI=1S/C19H22N6O3/c1-26-14-4-5-15(16(12-14)27-2)18-22-17(28-23-18)13-24-8-10-25(11-9-24)19-20-6-3-7-21-19/h3-7,12H,8-11,13H2,1-2H3. The minimum Gasteiger partial charge on any atom is -0.497 e. The Hall–Kier alpha value is -3.20. The molecule has 146 valence electrons. The van der Waals surface area contributed by atoms with Crippen molar-refractivity contribution < 1.29 is 14.0 Å². The van der Waals surface area contributed by atoms with Gasteiger partial charge in [-0.1, -0.05) is 5.16 Å². The third-order valence-corrected chi connectivity index (χ3v) is 4.68. The topological polar surface area (TPSA) is 89.6 Å². The summed E-state index contributed by atoms with van der Waals surface area (Å²) in [6.07, 6.45) is 3.53. The minimum absolute atomic E-state index is 0.505. The van der Waals surface area contributed by atoms with Gasteiger partial charge in [0.05, 0.1) is 26.3 Å². The Morgan fingerprint density at radius 3 is 2.54 bits per heavy atom. The van der Waals surface area contributed by atoms with Gasteiger partial charge in [-0.3, -0.25) is 4.90 Å². The van der Waals surface area contributed by atoms with E-state index in [4.69, 9.17) is 14.0 Å². The van der Waals surface area contributed by atoms with Gasteiger partial charge in [0.2, 0.25) is 17.7 Å². The number of piperazine rings is 1. The van der Waals surface area contributed by atoms with Gasteiger partial charge in [-0.2, -0.15) is 4.98 Å². The number of rotatable bonds is 6. The van der Waals surface area contributed by atoms with E-state index in [0.29, 0.717) is 29.8 Å². The molecule has 1 aliphatic rings. The molecule has 4 rings (SSSR count). The third-order valence-electron chi connectivity index (χ3n) is 4.68. The first-order chi connectivity index (χ1) is 13.8. The number of aromatic nitrogens is 4. The first-order valence-corrected chi connectivity index (χ1v) is 9.06. The maximum absolute atomic E-state index is 5.46. The molecule has 1 saturated heterocycles. The predicted molar refractivity (Wildman–Crippen MR) is 102 cm³/mol. The highest BCUT2D eigenvalue weighted by atomic mass is 16.5. The molecule has 0 atom stereocenters. The number of nitrogens with zero attached hydrogens (tertiary/aromatic N) is 6. The summed E-state index contributed by atoms with van der Waals surface area (Å²) in [5.74, 6) is 3.21. The molecule has 3 aromatic rings. The fourth-order valence-electron chi connectivity index (χ4n) is 3.16. The van der Waals surface area contributed by atoms with Gasteiger partial charge in [0.15, 0.2) is 0 Å². The highest BCUT2D eigenvalue weighted by molar-refractivity contribution is 5.65. The molecule has 28 heavy (non-hydrogen) atoms. The van der Waals surface area contributed by atoms with Crippen LogP contribution in [0.1, 0.15) is 5.89 Å². The van der Waals surface area contributed by atoms with Crippen LogP contribution in [0.5, 0.6) is 11.5 Å². The largest absolute Gasteiger partial charge is 0.497 e. The lowest BCUT2D eigenvalue weighted by Gasteiger charge is -2.33. The molecule has 0 aliphatic carbocycles. The fraction of sp³-hybridized carbons (Fsp3) is 0.368. The quantitative estimate of drug-likeness (QED) is 0.634. The lowest BCUT2D eigenvalue weighted by Crippen LogP contribution is -2.46. The summed E-state index contributed by atoms with van der Waals surface area (Å²) in [6.45, 7) is 4.08. The number of methoxy groups -OCH3 is 2. The molecule has 3 heterocycles. The summed E-state index contributed by atoms with van der Waals surface area (Å²) in [5, 5.41) is 4.11. The molecular formula is C19H22N6O3. The molecule has 1 aromatic carbocycles. The second-order valence-electron chi connectivity index (χ2n) is 6.39. The van der Waals surface area contributed by atoms with Crippen LogP contribution < -0.4 is 14.4 Å². The van der Waals surface area contributed by atoms with E-state index in [2.05, 4.69) is 29.9 Å². The molecule has 0 bridgehead atoms. The molecule has 1 aliphatic heterocycles. The zero-order valence-corrected chi connectivity index (χ0v) is 15.9. The van der Waals surface area contributed by atoms with Crippen molar-refractivity contribution in [3.63, 3.8) is 0 Å². The monoisotopic (exact) mass is 382 g/mol. The van der Waals surface area contributed by atoms with Gasteiger partial charge in [-0.25, -0.2) is 9.97 Å². The Labute approximate surface area is 162 Å². The summed E-state index contributed by atoms with van der Waals surface area (Å²) in [5.41, 5.74) is 0.768. The van der Waals surface area contributed by atoms with Crippen LogP contribution in [-0.2, 0) is 6.54 Å². The van der Waals surface area contributed by atoms with Crippen LogP contribution in [0.15, 0.2) is 41.2 Å². The summed E-state index contributed by atoms with van der Waals surface area (Å²) in [7, 11) is 3.22. The molecule has 9 nitrogen and oxygen atoms in total. The molecule has 9 heteroatoms. The third kappa shape index (κ3) is 3.89. The number of hydrogen-bond donors (Lipinski definition) is 0. The van der Waals surface area contributed by atoms with E-state index in [0.717, 1.165) is 37.7 Å². The van der Waals surface area contributed by atoms with E-state index in [1.54, 1.807) is 32.7 Å². The average Bonchev–Trinajstić information content (AvgIpc) is 3.22. The van der Waals surface area contributed by atoms with Crippen molar-refractivity contribution in [2.75, 3.05) is 45.3 Å². The summed E-state index contributed by atoms with van der Waals surface area (Å²) in [4.78, 5) is 17.6. The van der Waals surface area contributed by atoms with Crippen LogP contribution in [0, 0.1) is 0 Å². The smallest absolute Gasteiger partial charge is 0.241 e. The van der Waals surface area contributed by atoms with E-state index in [-0.39, 0.29) is 0 Å². The van der Waals surface area contributed by atoms with Gasteiger partial charge in [0, 0.05) is 44.6 Å². The molecule has 1 fully saturated rings. The zero-order valence-electron chi connectivity index (χ0n) is 15.9. The van der Waals surface area contributed by atoms with Crippen molar-refractivity contribution in [1.82, 2.24) is 25.0 Å². The molecule has 0 amide bonds. The summed E-state index contributed by atoms with van der Waals surface area (Å²) >= 11 is 0. The van der Waals surface area contributed by atoms with E-state index < -0.39 is 0 Å². The van der Waals surface area contributed by atoms with E-state index in [1.807, 2.05) is 18.2 Å².